The molecular weight excluding hydrogens is 244 g/mol. The largest absolute Gasteiger partial charge is 0.292 e. The fourth-order valence-electron chi connectivity index (χ4n) is 2.03. The summed E-state index contributed by atoms with van der Waals surface area (Å²) < 4.78 is 1.57. The molecule has 0 N–H and O–H groups in total. The standard InChI is InChI=1S/C11H15ClN2OS/c1-14-11(9(12)7-13-14)10(15)6-8-2-4-16-5-3-8/h7-8H,2-6H2,1H3. The number of aromatic nitrogens is 2. The van der Waals surface area contributed by atoms with Gasteiger partial charge in [0.05, 0.1) is 11.2 Å². The maximum atomic E-state index is 12.1. The summed E-state index contributed by atoms with van der Waals surface area (Å²) in [4.78, 5) is 12.1. The molecule has 0 atom stereocenters. The van der Waals surface area contributed by atoms with E-state index in [1.54, 1.807) is 11.7 Å². The van der Waals surface area contributed by atoms with Crippen LogP contribution in [-0.4, -0.2) is 27.1 Å². The third-order valence-electron chi connectivity index (χ3n) is 2.97. The maximum Gasteiger partial charge on any atom is 0.182 e. The number of hydrogen-bond acceptors (Lipinski definition) is 3. The van der Waals surface area contributed by atoms with Crippen LogP contribution in [0.5, 0.6) is 0 Å². The SMILES string of the molecule is Cn1ncc(Cl)c1C(=O)CC1CCSCC1. The zero-order valence-electron chi connectivity index (χ0n) is 9.28. The third-order valence-corrected chi connectivity index (χ3v) is 4.30. The Balaban J connectivity index is 2.02. The molecule has 2 rings (SSSR count). The molecule has 1 aromatic heterocycles. The number of Topliss-reactive ketones (excluding diaryl/α,β-unsaturated/α-hetero) is 1. The van der Waals surface area contributed by atoms with E-state index in [0.29, 0.717) is 23.1 Å². The lowest BCUT2D eigenvalue weighted by Crippen LogP contribution is -2.16. The third kappa shape index (κ3) is 2.61. The normalized spacial score (nSPS) is 17.6. The minimum Gasteiger partial charge on any atom is -0.292 e. The van der Waals surface area contributed by atoms with Gasteiger partial charge in [-0.25, -0.2) is 0 Å². The quantitative estimate of drug-likeness (QED) is 0.782. The smallest absolute Gasteiger partial charge is 0.182 e. The van der Waals surface area contributed by atoms with Gasteiger partial charge in [-0.2, -0.15) is 16.9 Å². The van der Waals surface area contributed by atoms with Crippen LogP contribution in [0.4, 0.5) is 0 Å². The number of nitrogens with zero attached hydrogens (tertiary/aromatic N) is 2. The van der Waals surface area contributed by atoms with E-state index in [-0.39, 0.29) is 5.78 Å². The number of aryl methyl sites for hydroxylation is 1. The molecule has 0 saturated carbocycles. The fourth-order valence-corrected chi connectivity index (χ4v) is 3.51. The summed E-state index contributed by atoms with van der Waals surface area (Å²) in [6.45, 7) is 0. The Kier molecular flexibility index (Phi) is 3.92. The molecule has 3 nitrogen and oxygen atoms in total. The van der Waals surface area contributed by atoms with Gasteiger partial charge in [0.2, 0.25) is 0 Å². The van der Waals surface area contributed by atoms with E-state index in [1.165, 1.54) is 17.7 Å². The molecule has 0 amide bonds. The topological polar surface area (TPSA) is 34.9 Å². The maximum absolute atomic E-state index is 12.1. The summed E-state index contributed by atoms with van der Waals surface area (Å²) in [6, 6.07) is 0. The molecule has 0 bridgehead atoms. The molecule has 0 spiro atoms. The van der Waals surface area contributed by atoms with Gasteiger partial charge >= 0.3 is 0 Å². The van der Waals surface area contributed by atoms with Gasteiger partial charge < -0.3 is 0 Å². The summed E-state index contributed by atoms with van der Waals surface area (Å²) >= 11 is 7.92. The van der Waals surface area contributed by atoms with Crippen LogP contribution >= 0.6 is 23.4 Å². The molecule has 16 heavy (non-hydrogen) atoms. The van der Waals surface area contributed by atoms with E-state index in [2.05, 4.69) is 5.10 Å². The Hall–Kier alpha value is -0.480. The molecule has 1 fully saturated rings. The highest BCUT2D eigenvalue weighted by molar-refractivity contribution is 7.99. The van der Waals surface area contributed by atoms with Crippen molar-refractivity contribution in [3.63, 3.8) is 0 Å². The summed E-state index contributed by atoms with van der Waals surface area (Å²) in [6.07, 6.45) is 4.43. The second-order valence-electron chi connectivity index (χ2n) is 4.15. The van der Waals surface area contributed by atoms with Crippen molar-refractivity contribution in [1.82, 2.24) is 9.78 Å². The predicted molar refractivity (Wildman–Crippen MR) is 67.2 cm³/mol. The van der Waals surface area contributed by atoms with Crippen LogP contribution in [0.3, 0.4) is 0 Å². The Morgan fingerprint density at radius 2 is 2.31 bits per heavy atom. The lowest BCUT2D eigenvalue weighted by atomic mass is 9.95. The number of halogens is 1. The van der Waals surface area contributed by atoms with Crippen LogP contribution in [-0.2, 0) is 7.05 Å². The number of hydrogen-bond donors (Lipinski definition) is 0. The van der Waals surface area contributed by atoms with E-state index in [9.17, 15) is 4.79 Å². The van der Waals surface area contributed by atoms with Gasteiger partial charge in [-0.1, -0.05) is 11.6 Å². The number of carbonyl (C=O) groups is 1. The van der Waals surface area contributed by atoms with Crippen molar-refractivity contribution in [2.24, 2.45) is 13.0 Å². The average Bonchev–Trinajstić information content (AvgIpc) is 2.60. The molecule has 1 aromatic rings. The highest BCUT2D eigenvalue weighted by Gasteiger charge is 2.21. The minimum absolute atomic E-state index is 0.127. The second-order valence-corrected chi connectivity index (χ2v) is 5.78. The van der Waals surface area contributed by atoms with Crippen LogP contribution in [0, 0.1) is 5.92 Å². The first-order chi connectivity index (χ1) is 7.68. The number of carbonyl (C=O) groups excluding carboxylic acids is 1. The first kappa shape index (κ1) is 12.0. The van der Waals surface area contributed by atoms with E-state index < -0.39 is 0 Å². The van der Waals surface area contributed by atoms with Crippen molar-refractivity contribution in [3.8, 4) is 0 Å². The van der Waals surface area contributed by atoms with Crippen LogP contribution in [0.2, 0.25) is 5.02 Å². The van der Waals surface area contributed by atoms with Gasteiger partial charge in [-0.05, 0) is 30.3 Å². The molecule has 0 aromatic carbocycles. The Morgan fingerprint density at radius 1 is 1.62 bits per heavy atom. The Morgan fingerprint density at radius 3 is 2.88 bits per heavy atom. The van der Waals surface area contributed by atoms with E-state index in [0.717, 1.165) is 12.8 Å². The summed E-state index contributed by atoms with van der Waals surface area (Å²) in [5.41, 5.74) is 0.555. The van der Waals surface area contributed by atoms with Crippen molar-refractivity contribution in [2.75, 3.05) is 11.5 Å². The highest BCUT2D eigenvalue weighted by Crippen LogP contribution is 2.27. The molecule has 1 aliphatic heterocycles. The van der Waals surface area contributed by atoms with Crippen LogP contribution in [0.1, 0.15) is 29.8 Å². The molecule has 1 saturated heterocycles. The molecule has 0 unspecified atom stereocenters. The zero-order valence-corrected chi connectivity index (χ0v) is 10.9. The summed E-state index contributed by atoms with van der Waals surface area (Å²) in [5, 5.41) is 4.46. The Bertz CT molecular complexity index is 366. The first-order valence-corrected chi connectivity index (χ1v) is 7.00. The van der Waals surface area contributed by atoms with Crippen LogP contribution < -0.4 is 0 Å². The predicted octanol–water partition coefficient (Wildman–Crippen LogP) is 2.79. The van der Waals surface area contributed by atoms with Gasteiger partial charge in [0.1, 0.15) is 5.69 Å². The van der Waals surface area contributed by atoms with Crippen LogP contribution in [0.15, 0.2) is 6.20 Å². The number of rotatable bonds is 3. The van der Waals surface area contributed by atoms with Gasteiger partial charge in [-0.3, -0.25) is 9.48 Å². The molecule has 0 aliphatic carbocycles. The summed E-state index contributed by atoms with van der Waals surface area (Å²) in [7, 11) is 1.76. The monoisotopic (exact) mass is 258 g/mol. The van der Waals surface area contributed by atoms with Gasteiger partial charge in [-0.15, -0.1) is 0 Å². The lowest BCUT2D eigenvalue weighted by molar-refractivity contribution is 0.0949. The first-order valence-electron chi connectivity index (χ1n) is 5.47. The molecule has 5 heteroatoms. The van der Waals surface area contributed by atoms with Gasteiger partial charge in [0, 0.05) is 13.5 Å². The van der Waals surface area contributed by atoms with Crippen molar-refractivity contribution in [2.45, 2.75) is 19.3 Å². The lowest BCUT2D eigenvalue weighted by Gasteiger charge is -2.20. The zero-order chi connectivity index (χ0) is 11.5. The van der Waals surface area contributed by atoms with Crippen molar-refractivity contribution >= 4 is 29.1 Å². The van der Waals surface area contributed by atoms with E-state index in [4.69, 9.17) is 11.6 Å². The second kappa shape index (κ2) is 5.23. The molecular formula is C11H15ClN2OS. The van der Waals surface area contributed by atoms with Gasteiger partial charge in [0.15, 0.2) is 5.78 Å². The molecule has 1 aliphatic rings. The number of thioether (sulfide) groups is 1. The highest BCUT2D eigenvalue weighted by atomic mass is 35.5. The van der Waals surface area contributed by atoms with Gasteiger partial charge in [0.25, 0.3) is 0 Å². The average molecular weight is 259 g/mol. The van der Waals surface area contributed by atoms with Crippen molar-refractivity contribution < 1.29 is 4.79 Å². The van der Waals surface area contributed by atoms with E-state index >= 15 is 0 Å². The number of ketones is 1. The minimum atomic E-state index is 0.127. The van der Waals surface area contributed by atoms with Crippen molar-refractivity contribution in [1.29, 1.82) is 0 Å². The summed E-state index contributed by atoms with van der Waals surface area (Å²) in [5.74, 6) is 3.01. The molecule has 2 heterocycles. The molecule has 0 radical (unpaired) electrons. The van der Waals surface area contributed by atoms with E-state index in [1.807, 2.05) is 11.8 Å². The fraction of sp³-hybridized carbons (Fsp3) is 0.636. The van der Waals surface area contributed by atoms with Crippen LogP contribution in [0.25, 0.3) is 0 Å². The molecule has 88 valence electrons. The van der Waals surface area contributed by atoms with Crippen molar-refractivity contribution in [3.05, 3.63) is 16.9 Å². The Labute approximate surface area is 105 Å².